The van der Waals surface area contributed by atoms with E-state index >= 15 is 0 Å². The zero-order valence-electron chi connectivity index (χ0n) is 9.46. The van der Waals surface area contributed by atoms with E-state index < -0.39 is 27.9 Å². The number of rotatable bonds is 3. The maximum absolute atomic E-state index is 11.4. The fraction of sp³-hybridized carbons (Fsp3) is 0.200. The zero-order chi connectivity index (χ0) is 13.9. The van der Waals surface area contributed by atoms with Crippen molar-refractivity contribution in [1.29, 1.82) is 5.26 Å². The number of phenolic OH excluding ortho intramolecular Hbond substituents is 1. The molecule has 0 spiro atoms. The van der Waals surface area contributed by atoms with Gasteiger partial charge in [0.2, 0.25) is 5.75 Å². The van der Waals surface area contributed by atoms with E-state index in [2.05, 4.69) is 9.47 Å². The molecule has 0 aliphatic carbocycles. The topological polar surface area (TPSA) is 123 Å². The van der Waals surface area contributed by atoms with E-state index in [0.717, 1.165) is 20.3 Å². The molecule has 0 aliphatic rings. The van der Waals surface area contributed by atoms with Crippen LogP contribution in [0.1, 0.15) is 15.9 Å². The molecule has 8 heteroatoms. The summed E-state index contributed by atoms with van der Waals surface area (Å²) in [7, 11) is 2.17. The van der Waals surface area contributed by atoms with E-state index in [1.165, 1.54) is 0 Å². The molecule has 0 bridgehead atoms. The minimum atomic E-state index is -1.09. The Bertz CT molecular complexity index is 560. The van der Waals surface area contributed by atoms with Crippen LogP contribution in [0.5, 0.6) is 11.5 Å². The van der Waals surface area contributed by atoms with Gasteiger partial charge in [0.25, 0.3) is 0 Å². The standard InChI is InChI=1S/C10H8N2O6/c1-17-6-3-5(4-11)7(10(14)18-2)8(9(6)13)12(15)16/h3,13H,1-2H3. The highest BCUT2D eigenvalue weighted by Gasteiger charge is 2.32. The molecule has 0 amide bonds. The first-order valence-corrected chi connectivity index (χ1v) is 4.54. The van der Waals surface area contributed by atoms with Gasteiger partial charge in [-0.05, 0) is 0 Å². The lowest BCUT2D eigenvalue weighted by Gasteiger charge is -2.08. The Morgan fingerprint density at radius 3 is 2.56 bits per heavy atom. The van der Waals surface area contributed by atoms with Gasteiger partial charge >= 0.3 is 11.7 Å². The quantitative estimate of drug-likeness (QED) is 0.482. The summed E-state index contributed by atoms with van der Waals surface area (Å²) in [6.07, 6.45) is 0. The van der Waals surface area contributed by atoms with Crippen molar-refractivity contribution in [2.45, 2.75) is 0 Å². The number of ether oxygens (including phenoxy) is 2. The third kappa shape index (κ3) is 2.01. The molecule has 1 rings (SSSR count). The van der Waals surface area contributed by atoms with Crippen molar-refractivity contribution in [3.63, 3.8) is 0 Å². The number of methoxy groups -OCH3 is 2. The van der Waals surface area contributed by atoms with Crippen molar-refractivity contribution in [3.05, 3.63) is 27.3 Å². The van der Waals surface area contributed by atoms with Crippen LogP contribution in [0, 0.1) is 21.4 Å². The molecule has 0 aromatic heterocycles. The Kier molecular flexibility index (Phi) is 3.68. The van der Waals surface area contributed by atoms with Crippen LogP contribution in [0.25, 0.3) is 0 Å². The largest absolute Gasteiger partial charge is 0.499 e. The lowest BCUT2D eigenvalue weighted by Crippen LogP contribution is -2.09. The van der Waals surface area contributed by atoms with Gasteiger partial charge in [-0.25, -0.2) is 4.79 Å². The molecule has 0 atom stereocenters. The van der Waals surface area contributed by atoms with Gasteiger partial charge < -0.3 is 14.6 Å². The first kappa shape index (κ1) is 13.2. The van der Waals surface area contributed by atoms with Crippen LogP contribution < -0.4 is 4.74 Å². The van der Waals surface area contributed by atoms with Crippen molar-refractivity contribution in [1.82, 2.24) is 0 Å². The van der Waals surface area contributed by atoms with Crippen LogP contribution in [0.4, 0.5) is 5.69 Å². The first-order chi connectivity index (χ1) is 8.47. The first-order valence-electron chi connectivity index (χ1n) is 4.54. The summed E-state index contributed by atoms with van der Waals surface area (Å²) in [5.74, 6) is -2.19. The fourth-order valence-corrected chi connectivity index (χ4v) is 1.36. The summed E-state index contributed by atoms with van der Waals surface area (Å²) >= 11 is 0. The van der Waals surface area contributed by atoms with Gasteiger partial charge in [-0.1, -0.05) is 0 Å². The van der Waals surface area contributed by atoms with Gasteiger partial charge in [-0.3, -0.25) is 10.1 Å². The number of hydrogen-bond acceptors (Lipinski definition) is 7. The lowest BCUT2D eigenvalue weighted by molar-refractivity contribution is -0.386. The molecular weight excluding hydrogens is 244 g/mol. The number of nitro benzene ring substituents is 1. The molecule has 1 N–H and O–H groups in total. The van der Waals surface area contributed by atoms with E-state index in [4.69, 9.17) is 5.26 Å². The van der Waals surface area contributed by atoms with Crippen LogP contribution in [-0.4, -0.2) is 30.2 Å². The smallest absolute Gasteiger partial charge is 0.346 e. The van der Waals surface area contributed by atoms with E-state index in [1.54, 1.807) is 6.07 Å². The minimum Gasteiger partial charge on any atom is -0.499 e. The van der Waals surface area contributed by atoms with Crippen molar-refractivity contribution in [2.24, 2.45) is 0 Å². The molecule has 8 nitrogen and oxygen atoms in total. The number of hydrogen-bond donors (Lipinski definition) is 1. The summed E-state index contributed by atoms with van der Waals surface area (Å²) in [5.41, 5.74) is -1.84. The van der Waals surface area contributed by atoms with Gasteiger partial charge in [0.05, 0.1) is 24.7 Å². The van der Waals surface area contributed by atoms with Gasteiger partial charge in [-0.2, -0.15) is 5.26 Å². The molecule has 1 aromatic rings. The number of nitriles is 1. The number of phenols is 1. The summed E-state index contributed by atoms with van der Waals surface area (Å²) < 4.78 is 9.04. The second-order valence-corrected chi connectivity index (χ2v) is 3.06. The Morgan fingerprint density at radius 1 is 1.56 bits per heavy atom. The predicted octanol–water partition coefficient (Wildman–Crippen LogP) is 0.967. The maximum atomic E-state index is 11.4. The summed E-state index contributed by atoms with van der Waals surface area (Å²) in [4.78, 5) is 21.3. The molecule has 0 fully saturated rings. The van der Waals surface area contributed by atoms with Gasteiger partial charge in [0.1, 0.15) is 6.07 Å². The summed E-state index contributed by atoms with van der Waals surface area (Å²) in [6.45, 7) is 0. The fourth-order valence-electron chi connectivity index (χ4n) is 1.36. The zero-order valence-corrected chi connectivity index (χ0v) is 9.46. The summed E-state index contributed by atoms with van der Waals surface area (Å²) in [6, 6.07) is 2.63. The van der Waals surface area contributed by atoms with E-state index in [-0.39, 0.29) is 11.3 Å². The number of aromatic hydroxyl groups is 1. The van der Waals surface area contributed by atoms with E-state index in [0.29, 0.717) is 0 Å². The average Bonchev–Trinajstić information content (AvgIpc) is 2.36. The van der Waals surface area contributed by atoms with Crippen molar-refractivity contribution >= 4 is 11.7 Å². The Hall–Kier alpha value is -2.82. The van der Waals surface area contributed by atoms with Crippen LogP contribution in [0.15, 0.2) is 6.07 Å². The number of nitrogens with zero attached hydrogens (tertiary/aromatic N) is 2. The van der Waals surface area contributed by atoms with Gasteiger partial charge in [0, 0.05) is 6.07 Å². The Labute approximate surface area is 101 Å². The van der Waals surface area contributed by atoms with Crippen LogP contribution in [0.3, 0.4) is 0 Å². The number of nitro groups is 1. The Balaban J connectivity index is 3.77. The van der Waals surface area contributed by atoms with Gasteiger partial charge in [0.15, 0.2) is 11.3 Å². The van der Waals surface area contributed by atoms with Crippen molar-refractivity contribution in [2.75, 3.05) is 14.2 Å². The van der Waals surface area contributed by atoms with E-state index in [9.17, 15) is 20.0 Å². The SMILES string of the molecule is COC(=O)c1c(C#N)cc(OC)c(O)c1[N+](=O)[O-]. The average molecular weight is 252 g/mol. The molecule has 0 radical (unpaired) electrons. The second-order valence-electron chi connectivity index (χ2n) is 3.06. The monoisotopic (exact) mass is 252 g/mol. The van der Waals surface area contributed by atoms with Crippen LogP contribution >= 0.6 is 0 Å². The molecule has 18 heavy (non-hydrogen) atoms. The third-order valence-electron chi connectivity index (χ3n) is 2.15. The van der Waals surface area contributed by atoms with Crippen molar-refractivity contribution < 1.29 is 24.3 Å². The van der Waals surface area contributed by atoms with Crippen LogP contribution in [-0.2, 0) is 4.74 Å². The normalized spacial score (nSPS) is 9.39. The number of carbonyl (C=O) groups is 1. The highest BCUT2D eigenvalue weighted by Crippen LogP contribution is 2.40. The van der Waals surface area contributed by atoms with Gasteiger partial charge in [-0.15, -0.1) is 0 Å². The molecule has 0 unspecified atom stereocenters. The molecule has 0 saturated carbocycles. The predicted molar refractivity (Wildman–Crippen MR) is 57.4 cm³/mol. The summed E-state index contributed by atoms with van der Waals surface area (Å²) in [5, 5.41) is 29.4. The maximum Gasteiger partial charge on any atom is 0.346 e. The number of esters is 1. The molecule has 0 saturated heterocycles. The molecule has 0 aliphatic heterocycles. The second kappa shape index (κ2) is 5.01. The van der Waals surface area contributed by atoms with E-state index in [1.807, 2.05) is 0 Å². The molecular formula is C10H8N2O6. The number of carbonyl (C=O) groups excluding carboxylic acids is 1. The minimum absolute atomic E-state index is 0.272. The molecule has 94 valence electrons. The lowest BCUT2D eigenvalue weighted by atomic mass is 10.0. The third-order valence-corrected chi connectivity index (χ3v) is 2.15. The molecule has 1 aromatic carbocycles. The highest BCUT2D eigenvalue weighted by molar-refractivity contribution is 5.98. The van der Waals surface area contributed by atoms with Crippen molar-refractivity contribution in [3.8, 4) is 17.6 Å². The number of benzene rings is 1. The Morgan fingerprint density at radius 2 is 2.17 bits per heavy atom. The molecule has 0 heterocycles. The van der Waals surface area contributed by atoms with Crippen LogP contribution in [0.2, 0.25) is 0 Å². The highest BCUT2D eigenvalue weighted by atomic mass is 16.6.